The summed E-state index contributed by atoms with van der Waals surface area (Å²) in [7, 11) is 0. The van der Waals surface area contributed by atoms with Crippen molar-refractivity contribution < 1.29 is 66.4 Å². The van der Waals surface area contributed by atoms with E-state index in [1.54, 1.807) is 0 Å². The standard InChI is InChI=1S/C20H38O3.K/c1-2-3-4-5-6-7-8-9-10-11-12-13-14-15-16-17-18-19(21)20(22)23;/h18,21H,2-17H2,1H3,(H,22,23);/q;+1/p-1. The largest absolute Gasteiger partial charge is 1.00 e. The van der Waals surface area contributed by atoms with Gasteiger partial charge in [0, 0.05) is 0 Å². The average Bonchev–Trinajstić information content (AvgIpc) is 2.54. The van der Waals surface area contributed by atoms with Gasteiger partial charge in [0.1, 0.15) is 11.7 Å². The van der Waals surface area contributed by atoms with Gasteiger partial charge in [-0.25, -0.2) is 0 Å². The van der Waals surface area contributed by atoms with Crippen molar-refractivity contribution in [3.8, 4) is 0 Å². The first-order chi connectivity index (χ1) is 11.2. The summed E-state index contributed by atoms with van der Waals surface area (Å²) in [6.45, 7) is 2.26. The van der Waals surface area contributed by atoms with Crippen molar-refractivity contribution in [2.24, 2.45) is 0 Å². The minimum absolute atomic E-state index is 0. The molecule has 0 saturated carbocycles. The van der Waals surface area contributed by atoms with Crippen molar-refractivity contribution in [1.29, 1.82) is 0 Å². The van der Waals surface area contributed by atoms with E-state index in [0.717, 1.165) is 12.8 Å². The van der Waals surface area contributed by atoms with E-state index >= 15 is 0 Å². The smallest absolute Gasteiger partial charge is 0.542 e. The zero-order chi connectivity index (χ0) is 17.2. The fraction of sp³-hybridized carbons (Fsp3) is 0.850. The molecule has 1 N–H and O–H groups in total. The summed E-state index contributed by atoms with van der Waals surface area (Å²) in [4.78, 5) is 10.3. The molecule has 24 heavy (non-hydrogen) atoms. The maximum absolute atomic E-state index is 10.3. The molecule has 0 heterocycles. The number of aliphatic carboxylic acids is 1. The summed E-state index contributed by atoms with van der Waals surface area (Å²) in [5.74, 6) is -2.11. The molecule has 0 fully saturated rings. The number of unbranched alkanes of at least 4 members (excludes halogenated alkanes) is 15. The van der Waals surface area contributed by atoms with Crippen LogP contribution in [0, 0.1) is 0 Å². The van der Waals surface area contributed by atoms with Crippen LogP contribution in [0.2, 0.25) is 0 Å². The molecule has 0 saturated heterocycles. The zero-order valence-corrected chi connectivity index (χ0v) is 19.3. The van der Waals surface area contributed by atoms with Crippen LogP contribution in [0.25, 0.3) is 0 Å². The molecule has 0 spiro atoms. The molecule has 0 atom stereocenters. The van der Waals surface area contributed by atoms with E-state index in [2.05, 4.69) is 6.92 Å². The second-order valence-corrected chi connectivity index (χ2v) is 6.62. The van der Waals surface area contributed by atoms with Crippen LogP contribution in [0.1, 0.15) is 110 Å². The molecule has 0 radical (unpaired) electrons. The fourth-order valence-electron chi connectivity index (χ4n) is 2.84. The average molecular weight is 365 g/mol. The predicted octanol–water partition coefficient (Wildman–Crippen LogP) is 2.44. The van der Waals surface area contributed by atoms with Gasteiger partial charge in [0.15, 0.2) is 0 Å². The van der Waals surface area contributed by atoms with Gasteiger partial charge in [0.2, 0.25) is 0 Å². The number of hydrogen-bond acceptors (Lipinski definition) is 3. The second kappa shape index (κ2) is 21.7. The van der Waals surface area contributed by atoms with Crippen LogP contribution in [0.5, 0.6) is 0 Å². The van der Waals surface area contributed by atoms with E-state index < -0.39 is 11.7 Å². The van der Waals surface area contributed by atoms with Crippen LogP contribution in [-0.2, 0) is 4.79 Å². The number of rotatable bonds is 17. The monoisotopic (exact) mass is 364 g/mol. The van der Waals surface area contributed by atoms with Crippen molar-refractivity contribution in [1.82, 2.24) is 0 Å². The molecular formula is C20H37KO3. The minimum atomic E-state index is -1.48. The van der Waals surface area contributed by atoms with Gasteiger partial charge in [0.25, 0.3) is 0 Å². The molecule has 136 valence electrons. The molecule has 0 bridgehead atoms. The third-order valence-electron chi connectivity index (χ3n) is 4.35. The summed E-state index contributed by atoms with van der Waals surface area (Å²) in [6.07, 6.45) is 21.7. The first-order valence-corrected chi connectivity index (χ1v) is 9.79. The van der Waals surface area contributed by atoms with Crippen molar-refractivity contribution in [3.63, 3.8) is 0 Å². The van der Waals surface area contributed by atoms with Gasteiger partial charge < -0.3 is 15.0 Å². The Balaban J connectivity index is 0. The Morgan fingerprint density at radius 1 is 0.750 bits per heavy atom. The van der Waals surface area contributed by atoms with Gasteiger partial charge >= 0.3 is 51.4 Å². The Morgan fingerprint density at radius 3 is 1.42 bits per heavy atom. The first-order valence-electron chi connectivity index (χ1n) is 9.79. The predicted molar refractivity (Wildman–Crippen MR) is 95.3 cm³/mol. The molecule has 4 heteroatoms. The van der Waals surface area contributed by atoms with Gasteiger partial charge in [-0.15, -0.1) is 0 Å². The van der Waals surface area contributed by atoms with Crippen LogP contribution in [0.3, 0.4) is 0 Å². The number of carboxylic acids is 1. The Labute approximate surface area is 192 Å². The topological polar surface area (TPSA) is 60.4 Å². The molecule has 0 aromatic carbocycles. The first kappa shape index (κ1) is 26.9. The van der Waals surface area contributed by atoms with Crippen molar-refractivity contribution in [3.05, 3.63) is 11.8 Å². The Kier molecular flexibility index (Phi) is 24.3. The summed E-state index contributed by atoms with van der Waals surface area (Å²) in [5.41, 5.74) is 0. The maximum Gasteiger partial charge on any atom is 1.00 e. The third-order valence-corrected chi connectivity index (χ3v) is 4.35. The molecule has 0 rings (SSSR count). The molecule has 0 unspecified atom stereocenters. The Morgan fingerprint density at radius 2 is 1.08 bits per heavy atom. The number of aliphatic hydroxyl groups excluding tert-OH is 1. The molecule has 3 nitrogen and oxygen atoms in total. The molecule has 0 aliphatic carbocycles. The summed E-state index contributed by atoms with van der Waals surface area (Å²) >= 11 is 0. The zero-order valence-electron chi connectivity index (χ0n) is 16.2. The molecule has 0 aromatic rings. The molecule has 0 aliphatic heterocycles. The van der Waals surface area contributed by atoms with E-state index in [4.69, 9.17) is 5.11 Å². The van der Waals surface area contributed by atoms with Crippen LogP contribution in [0.4, 0.5) is 0 Å². The number of carboxylic acid groups (broad SMARTS) is 1. The van der Waals surface area contributed by atoms with Gasteiger partial charge in [0.05, 0.1) is 0 Å². The molecule has 0 aromatic heterocycles. The summed E-state index contributed by atoms with van der Waals surface area (Å²) in [6, 6.07) is 0. The van der Waals surface area contributed by atoms with E-state index in [9.17, 15) is 9.90 Å². The van der Waals surface area contributed by atoms with E-state index in [1.807, 2.05) is 0 Å². The normalized spacial score (nSPS) is 11.3. The molecule has 0 aliphatic rings. The van der Waals surface area contributed by atoms with E-state index in [0.29, 0.717) is 6.42 Å². The molecular weight excluding hydrogens is 327 g/mol. The van der Waals surface area contributed by atoms with Crippen LogP contribution >= 0.6 is 0 Å². The van der Waals surface area contributed by atoms with Crippen molar-refractivity contribution in [2.45, 2.75) is 110 Å². The fourth-order valence-corrected chi connectivity index (χ4v) is 2.84. The van der Waals surface area contributed by atoms with Crippen LogP contribution < -0.4 is 56.5 Å². The van der Waals surface area contributed by atoms with Crippen LogP contribution in [0.15, 0.2) is 11.8 Å². The number of carbonyl (C=O) groups excluding carboxylic acids is 1. The Hall–Kier alpha value is 0.646. The number of allylic oxidation sites excluding steroid dienone is 1. The second-order valence-electron chi connectivity index (χ2n) is 6.62. The number of aliphatic hydroxyl groups is 1. The van der Waals surface area contributed by atoms with Gasteiger partial charge in [-0.05, 0) is 18.9 Å². The Bertz CT molecular complexity index is 303. The van der Waals surface area contributed by atoms with E-state index in [-0.39, 0.29) is 51.4 Å². The van der Waals surface area contributed by atoms with Crippen LogP contribution in [-0.4, -0.2) is 11.1 Å². The number of hydrogen-bond donors (Lipinski definition) is 1. The van der Waals surface area contributed by atoms with Gasteiger partial charge in [-0.3, -0.25) is 0 Å². The third kappa shape index (κ3) is 20.7. The molecule has 0 amide bonds. The SMILES string of the molecule is CCCCCCCCCCCCCCCCCC=C(O)C(=O)[O-].[K+]. The van der Waals surface area contributed by atoms with Gasteiger partial charge in [-0.2, -0.15) is 0 Å². The minimum Gasteiger partial charge on any atom is -0.542 e. The quantitative estimate of drug-likeness (QED) is 0.187. The van der Waals surface area contributed by atoms with E-state index in [1.165, 1.54) is 89.5 Å². The van der Waals surface area contributed by atoms with Crippen molar-refractivity contribution in [2.75, 3.05) is 0 Å². The van der Waals surface area contributed by atoms with Gasteiger partial charge in [-0.1, -0.05) is 96.8 Å². The summed E-state index contributed by atoms with van der Waals surface area (Å²) in [5, 5.41) is 19.2. The number of carbonyl (C=O) groups is 1. The van der Waals surface area contributed by atoms with Crippen molar-refractivity contribution >= 4 is 5.97 Å². The summed E-state index contributed by atoms with van der Waals surface area (Å²) < 4.78 is 0. The maximum atomic E-state index is 10.3.